The summed E-state index contributed by atoms with van der Waals surface area (Å²) in [6.07, 6.45) is 5.24. The Hall–Kier alpha value is -2.27. The number of aromatic amines is 1. The summed E-state index contributed by atoms with van der Waals surface area (Å²) in [7, 11) is -7.02. The normalized spacial score (nSPS) is 24.9. The molecule has 11 nitrogen and oxygen atoms in total. The molecule has 32 heavy (non-hydrogen) atoms. The molecule has 2 aliphatic heterocycles. The minimum atomic E-state index is -3.90. The van der Waals surface area contributed by atoms with E-state index < -0.39 is 25.6 Å². The molecule has 1 aliphatic carbocycles. The molecule has 0 aromatic carbocycles. The molecule has 4 heterocycles. The Labute approximate surface area is 187 Å². The third-order valence-electron chi connectivity index (χ3n) is 6.67. The summed E-state index contributed by atoms with van der Waals surface area (Å²) in [5, 5.41) is 0.900. The highest BCUT2D eigenvalue weighted by atomic mass is 32.2. The van der Waals surface area contributed by atoms with E-state index >= 15 is 0 Å². The number of piperazine rings is 1. The summed E-state index contributed by atoms with van der Waals surface area (Å²) in [6.45, 7) is 8.30. The molecule has 2 saturated heterocycles. The van der Waals surface area contributed by atoms with Crippen LogP contribution in [0.15, 0.2) is 18.6 Å². The van der Waals surface area contributed by atoms with Crippen molar-refractivity contribution in [3.63, 3.8) is 0 Å². The van der Waals surface area contributed by atoms with Crippen LogP contribution in [0.4, 0.5) is 5.82 Å². The van der Waals surface area contributed by atoms with Gasteiger partial charge >= 0.3 is 0 Å². The number of nitrogens with one attached hydrogen (secondary N) is 1. The van der Waals surface area contributed by atoms with Gasteiger partial charge in [-0.2, -0.15) is 12.7 Å². The van der Waals surface area contributed by atoms with Crippen molar-refractivity contribution in [1.82, 2.24) is 23.6 Å². The first-order valence-corrected chi connectivity index (χ1v) is 13.8. The minimum Gasteiger partial charge on any atom is -0.353 e. The molecule has 1 N–H and O–H groups in total. The summed E-state index contributed by atoms with van der Waals surface area (Å²) in [6, 6.07) is 1.92. The second kappa shape index (κ2) is 7.65. The number of anilines is 1. The number of aromatic nitrogens is 3. The van der Waals surface area contributed by atoms with E-state index in [0.29, 0.717) is 19.5 Å². The molecule has 5 rings (SSSR count). The van der Waals surface area contributed by atoms with Crippen LogP contribution in [-0.2, 0) is 20.0 Å². The van der Waals surface area contributed by atoms with Crippen LogP contribution < -0.4 is 4.90 Å². The zero-order chi connectivity index (χ0) is 22.6. The van der Waals surface area contributed by atoms with Gasteiger partial charge in [0.15, 0.2) is 9.84 Å². The van der Waals surface area contributed by atoms with E-state index in [1.165, 1.54) is 10.6 Å². The number of fused-ring (bicyclic) bond motifs is 1. The Morgan fingerprint density at radius 3 is 2.81 bits per heavy atom. The highest BCUT2D eigenvalue weighted by Gasteiger charge is 2.57. The summed E-state index contributed by atoms with van der Waals surface area (Å²) < 4.78 is 53.6. The van der Waals surface area contributed by atoms with Gasteiger partial charge in [-0.1, -0.05) is 0 Å². The van der Waals surface area contributed by atoms with Crippen molar-refractivity contribution >= 4 is 36.9 Å². The van der Waals surface area contributed by atoms with E-state index in [2.05, 4.69) is 24.7 Å². The fourth-order valence-corrected chi connectivity index (χ4v) is 8.69. The minimum absolute atomic E-state index is 0.0175. The maximum absolute atomic E-state index is 13.6. The van der Waals surface area contributed by atoms with Gasteiger partial charge in [0.1, 0.15) is 17.8 Å². The molecule has 1 unspecified atom stereocenters. The first kappa shape index (κ1) is 21.6. The first-order chi connectivity index (χ1) is 15.2. The first-order valence-electron chi connectivity index (χ1n) is 10.6. The van der Waals surface area contributed by atoms with Crippen molar-refractivity contribution in [3.05, 3.63) is 30.0 Å². The van der Waals surface area contributed by atoms with Crippen LogP contribution in [0.3, 0.4) is 0 Å². The van der Waals surface area contributed by atoms with Crippen LogP contribution in [0.1, 0.15) is 19.3 Å². The lowest BCUT2D eigenvalue weighted by Gasteiger charge is -2.43. The van der Waals surface area contributed by atoms with Gasteiger partial charge in [0.05, 0.1) is 22.4 Å². The van der Waals surface area contributed by atoms with Crippen LogP contribution in [-0.4, -0.2) is 90.3 Å². The van der Waals surface area contributed by atoms with Crippen molar-refractivity contribution < 1.29 is 16.8 Å². The average molecular weight is 480 g/mol. The van der Waals surface area contributed by atoms with E-state index in [0.717, 1.165) is 29.7 Å². The monoisotopic (exact) mass is 479 g/mol. The molecule has 0 radical (unpaired) electrons. The van der Waals surface area contributed by atoms with Crippen LogP contribution in [0, 0.1) is 12.5 Å². The van der Waals surface area contributed by atoms with Gasteiger partial charge in [-0.25, -0.2) is 25.0 Å². The Morgan fingerprint density at radius 2 is 2.12 bits per heavy atom. The molecule has 2 aromatic heterocycles. The molecule has 1 spiro atoms. The third-order valence-corrected chi connectivity index (χ3v) is 10.5. The smallest absolute Gasteiger partial charge is 0.288 e. The van der Waals surface area contributed by atoms with Crippen LogP contribution in [0.5, 0.6) is 0 Å². The lowest BCUT2D eigenvalue weighted by molar-refractivity contribution is 0.242. The summed E-state index contributed by atoms with van der Waals surface area (Å²) in [5.74, 6) is 0.583. The van der Waals surface area contributed by atoms with Gasteiger partial charge in [0.25, 0.3) is 16.9 Å². The number of nitrogens with zero attached hydrogens (tertiary/aromatic N) is 6. The van der Waals surface area contributed by atoms with E-state index in [4.69, 9.17) is 6.57 Å². The Bertz CT molecular complexity index is 1280. The van der Waals surface area contributed by atoms with Crippen molar-refractivity contribution in [2.45, 2.75) is 24.8 Å². The molecule has 0 amide bonds. The lowest BCUT2D eigenvalue weighted by atomic mass is 10.1. The predicted molar refractivity (Wildman–Crippen MR) is 119 cm³/mol. The summed E-state index contributed by atoms with van der Waals surface area (Å²) in [4.78, 5) is 17.2. The number of rotatable bonds is 6. The fraction of sp³-hybridized carbons (Fsp3) is 0.632. The van der Waals surface area contributed by atoms with E-state index in [9.17, 15) is 16.8 Å². The molecule has 1 atom stereocenters. The van der Waals surface area contributed by atoms with Crippen molar-refractivity contribution in [1.29, 1.82) is 0 Å². The maximum Gasteiger partial charge on any atom is 0.288 e. The Balaban J connectivity index is 1.37. The standard InChI is InChI=1S/C19H25N7O4S2/c1-20-14-25(10-15-3-9-31(27,28)11-15)32(29,30)26-8-7-24(12-19(26)4-5-19)18-16-2-6-21-17(16)22-13-23-18/h2,6,13,15H,3-5,7-12,14H2,(H,21,22,23). The second-order valence-electron chi connectivity index (χ2n) is 8.87. The lowest BCUT2D eigenvalue weighted by Crippen LogP contribution is -2.60. The van der Waals surface area contributed by atoms with E-state index in [1.54, 1.807) is 4.31 Å². The summed E-state index contributed by atoms with van der Waals surface area (Å²) in [5.41, 5.74) is 0.219. The molecule has 2 aromatic rings. The Morgan fingerprint density at radius 1 is 1.31 bits per heavy atom. The number of H-pyrrole nitrogens is 1. The zero-order valence-electron chi connectivity index (χ0n) is 17.5. The summed E-state index contributed by atoms with van der Waals surface area (Å²) >= 11 is 0. The molecule has 13 heteroatoms. The zero-order valence-corrected chi connectivity index (χ0v) is 19.1. The highest BCUT2D eigenvalue weighted by molar-refractivity contribution is 7.91. The predicted octanol–water partition coefficient (Wildman–Crippen LogP) is 0.471. The van der Waals surface area contributed by atoms with E-state index in [-0.39, 0.29) is 37.2 Å². The SMILES string of the molecule is [C-]#[N+]CN(CC1CCS(=O)(=O)C1)S(=O)(=O)N1CCN(c2ncnc3[nH]ccc23)CC12CC2. The molecule has 172 valence electrons. The molecule has 1 saturated carbocycles. The highest BCUT2D eigenvalue weighted by Crippen LogP contribution is 2.47. The Kier molecular flexibility index (Phi) is 5.16. The van der Waals surface area contributed by atoms with E-state index in [1.807, 2.05) is 12.3 Å². The molecule has 3 fully saturated rings. The van der Waals surface area contributed by atoms with Crippen molar-refractivity contribution in [2.24, 2.45) is 5.92 Å². The topological polar surface area (TPSA) is 124 Å². The molecule has 3 aliphatic rings. The van der Waals surface area contributed by atoms with Crippen molar-refractivity contribution in [3.8, 4) is 0 Å². The third kappa shape index (κ3) is 3.75. The average Bonchev–Trinajstić information content (AvgIpc) is 3.18. The number of hydrogen-bond donors (Lipinski definition) is 1. The van der Waals surface area contributed by atoms with Crippen molar-refractivity contribution in [2.75, 3.05) is 49.3 Å². The van der Waals surface area contributed by atoms with Gasteiger partial charge in [-0.15, -0.1) is 4.31 Å². The maximum atomic E-state index is 13.6. The van der Waals surface area contributed by atoms with Crippen LogP contribution >= 0.6 is 0 Å². The molecular weight excluding hydrogens is 454 g/mol. The number of sulfone groups is 1. The van der Waals surface area contributed by atoms with Gasteiger partial charge in [0, 0.05) is 32.4 Å². The van der Waals surface area contributed by atoms with Crippen LogP contribution in [0.2, 0.25) is 0 Å². The van der Waals surface area contributed by atoms with Gasteiger partial charge < -0.3 is 9.88 Å². The number of hydrogen-bond acceptors (Lipinski definition) is 7. The second-order valence-corrected chi connectivity index (χ2v) is 12.9. The van der Waals surface area contributed by atoms with Gasteiger partial charge in [-0.3, -0.25) is 4.85 Å². The molecular formula is C19H25N7O4S2. The van der Waals surface area contributed by atoms with Gasteiger partial charge in [0.2, 0.25) is 0 Å². The van der Waals surface area contributed by atoms with Crippen LogP contribution in [0.25, 0.3) is 15.9 Å². The van der Waals surface area contributed by atoms with Gasteiger partial charge in [-0.05, 0) is 31.2 Å². The molecule has 0 bridgehead atoms. The fourth-order valence-electron chi connectivity index (χ4n) is 4.91. The quantitative estimate of drug-likeness (QED) is 0.597. The largest absolute Gasteiger partial charge is 0.353 e.